The van der Waals surface area contributed by atoms with Gasteiger partial charge in [0, 0.05) is 18.7 Å². The second-order valence-corrected chi connectivity index (χ2v) is 7.20. The van der Waals surface area contributed by atoms with Crippen LogP contribution in [0, 0.1) is 0 Å². The summed E-state index contributed by atoms with van der Waals surface area (Å²) in [7, 11) is 1.64. The standard InChI is InChI=1S/C23H26N4O2/c1-29-20-11-7-8-18(16-20)21-17-22(27(25-21)19-9-3-2-4-10-19)23(28)24-12-15-26-13-5-6-14-26/h2-4,7-11,16-17H,5-6,12-15H2,1H3,(H,24,28). The summed E-state index contributed by atoms with van der Waals surface area (Å²) in [5.41, 5.74) is 3.02. The number of hydrogen-bond acceptors (Lipinski definition) is 4. The fraction of sp³-hybridized carbons (Fsp3) is 0.304. The molecule has 0 spiro atoms. The van der Waals surface area contributed by atoms with Crippen LogP contribution in [0.4, 0.5) is 0 Å². The van der Waals surface area contributed by atoms with Crippen molar-refractivity contribution in [3.8, 4) is 22.7 Å². The zero-order chi connectivity index (χ0) is 20.1. The molecule has 0 saturated carbocycles. The van der Waals surface area contributed by atoms with Gasteiger partial charge in [-0.1, -0.05) is 30.3 Å². The Hall–Kier alpha value is -3.12. The highest BCUT2D eigenvalue weighted by Crippen LogP contribution is 2.25. The van der Waals surface area contributed by atoms with Crippen molar-refractivity contribution in [1.29, 1.82) is 0 Å². The zero-order valence-corrected chi connectivity index (χ0v) is 16.7. The van der Waals surface area contributed by atoms with Crippen molar-refractivity contribution in [2.45, 2.75) is 12.8 Å². The summed E-state index contributed by atoms with van der Waals surface area (Å²) in [5.74, 6) is 0.642. The van der Waals surface area contributed by atoms with E-state index < -0.39 is 0 Å². The minimum atomic E-state index is -0.116. The number of nitrogens with one attached hydrogen (secondary N) is 1. The van der Waals surface area contributed by atoms with Gasteiger partial charge in [0.25, 0.3) is 5.91 Å². The van der Waals surface area contributed by atoms with Crippen LogP contribution in [0.15, 0.2) is 60.7 Å². The number of benzene rings is 2. The lowest BCUT2D eigenvalue weighted by atomic mass is 10.1. The van der Waals surface area contributed by atoms with Gasteiger partial charge in [0.1, 0.15) is 11.4 Å². The molecule has 2 heterocycles. The van der Waals surface area contributed by atoms with Crippen LogP contribution in [0.3, 0.4) is 0 Å². The van der Waals surface area contributed by atoms with Crippen LogP contribution in [0.25, 0.3) is 16.9 Å². The Bertz CT molecular complexity index is 962. The van der Waals surface area contributed by atoms with Crippen LogP contribution in [-0.4, -0.2) is 53.9 Å². The van der Waals surface area contributed by atoms with Crippen molar-refractivity contribution in [2.24, 2.45) is 0 Å². The topological polar surface area (TPSA) is 59.4 Å². The molecule has 0 radical (unpaired) electrons. The normalized spacial score (nSPS) is 14.1. The van der Waals surface area contributed by atoms with E-state index in [2.05, 4.69) is 10.2 Å². The number of aromatic nitrogens is 2. The SMILES string of the molecule is COc1cccc(-c2cc(C(=O)NCCN3CCCC3)n(-c3ccccc3)n2)c1. The summed E-state index contributed by atoms with van der Waals surface area (Å²) in [6.07, 6.45) is 2.50. The van der Waals surface area contributed by atoms with Crippen molar-refractivity contribution in [3.05, 3.63) is 66.4 Å². The molecule has 1 aliphatic rings. The number of nitrogens with zero attached hydrogens (tertiary/aromatic N) is 3. The van der Waals surface area contributed by atoms with Gasteiger partial charge in [-0.05, 0) is 56.3 Å². The molecule has 6 nitrogen and oxygen atoms in total. The molecule has 3 aromatic rings. The molecule has 1 fully saturated rings. The number of rotatable bonds is 7. The Morgan fingerprint density at radius 2 is 1.86 bits per heavy atom. The molecule has 1 saturated heterocycles. The maximum absolute atomic E-state index is 13.0. The van der Waals surface area contributed by atoms with Gasteiger partial charge in [-0.25, -0.2) is 4.68 Å². The first kappa shape index (κ1) is 19.2. The van der Waals surface area contributed by atoms with E-state index in [0.29, 0.717) is 12.2 Å². The summed E-state index contributed by atoms with van der Waals surface area (Å²) in [4.78, 5) is 15.4. The molecule has 0 unspecified atom stereocenters. The number of para-hydroxylation sites is 1. The summed E-state index contributed by atoms with van der Waals surface area (Å²) in [6.45, 7) is 3.76. The van der Waals surface area contributed by atoms with Crippen molar-refractivity contribution >= 4 is 5.91 Å². The number of carbonyl (C=O) groups is 1. The van der Waals surface area contributed by atoms with E-state index in [-0.39, 0.29) is 5.91 Å². The third kappa shape index (κ3) is 4.49. The lowest BCUT2D eigenvalue weighted by Gasteiger charge is -2.15. The monoisotopic (exact) mass is 390 g/mol. The third-order valence-corrected chi connectivity index (χ3v) is 5.22. The highest BCUT2D eigenvalue weighted by atomic mass is 16.5. The minimum absolute atomic E-state index is 0.116. The van der Waals surface area contributed by atoms with Crippen LogP contribution in [0.5, 0.6) is 5.75 Å². The van der Waals surface area contributed by atoms with E-state index in [1.54, 1.807) is 11.8 Å². The molecule has 150 valence electrons. The average Bonchev–Trinajstić information content (AvgIpc) is 3.44. The molecule has 1 N–H and O–H groups in total. The minimum Gasteiger partial charge on any atom is -0.497 e. The Morgan fingerprint density at radius 1 is 1.07 bits per heavy atom. The molecule has 1 aromatic heterocycles. The van der Waals surface area contributed by atoms with Crippen LogP contribution in [0.1, 0.15) is 23.3 Å². The molecule has 0 aliphatic carbocycles. The van der Waals surface area contributed by atoms with Gasteiger partial charge in [-0.2, -0.15) is 5.10 Å². The van der Waals surface area contributed by atoms with Gasteiger partial charge in [-0.3, -0.25) is 4.79 Å². The fourth-order valence-corrected chi connectivity index (χ4v) is 3.66. The van der Waals surface area contributed by atoms with Crippen LogP contribution in [0.2, 0.25) is 0 Å². The highest BCUT2D eigenvalue weighted by Gasteiger charge is 2.18. The number of ether oxygens (including phenoxy) is 1. The first-order chi connectivity index (χ1) is 14.2. The summed E-state index contributed by atoms with van der Waals surface area (Å²) < 4.78 is 7.04. The van der Waals surface area contributed by atoms with Gasteiger partial charge < -0.3 is 15.0 Å². The maximum Gasteiger partial charge on any atom is 0.270 e. The number of carbonyl (C=O) groups excluding carboxylic acids is 1. The van der Waals surface area contributed by atoms with Gasteiger partial charge in [0.2, 0.25) is 0 Å². The molecular weight excluding hydrogens is 364 g/mol. The second kappa shape index (κ2) is 8.92. The predicted molar refractivity (Wildman–Crippen MR) is 114 cm³/mol. The maximum atomic E-state index is 13.0. The molecule has 1 amide bonds. The largest absolute Gasteiger partial charge is 0.497 e. The van der Waals surface area contributed by atoms with Crippen molar-refractivity contribution in [3.63, 3.8) is 0 Å². The summed E-state index contributed by atoms with van der Waals surface area (Å²) in [5, 5.41) is 7.78. The molecule has 2 aromatic carbocycles. The number of methoxy groups -OCH3 is 1. The molecular formula is C23H26N4O2. The van der Waals surface area contributed by atoms with E-state index in [9.17, 15) is 4.79 Å². The van der Waals surface area contributed by atoms with Crippen molar-refractivity contribution < 1.29 is 9.53 Å². The zero-order valence-electron chi connectivity index (χ0n) is 16.7. The summed E-state index contributed by atoms with van der Waals surface area (Å²) in [6, 6.07) is 19.3. The second-order valence-electron chi connectivity index (χ2n) is 7.20. The van der Waals surface area contributed by atoms with Crippen LogP contribution < -0.4 is 10.1 Å². The van der Waals surface area contributed by atoms with Gasteiger partial charge in [0.05, 0.1) is 18.5 Å². The van der Waals surface area contributed by atoms with E-state index in [1.807, 2.05) is 60.7 Å². The van der Waals surface area contributed by atoms with E-state index in [0.717, 1.165) is 42.3 Å². The first-order valence-electron chi connectivity index (χ1n) is 10.0. The van der Waals surface area contributed by atoms with Crippen LogP contribution in [-0.2, 0) is 0 Å². The number of hydrogen-bond donors (Lipinski definition) is 1. The van der Waals surface area contributed by atoms with Crippen LogP contribution >= 0.6 is 0 Å². The van der Waals surface area contributed by atoms with Gasteiger partial charge in [0.15, 0.2) is 0 Å². The van der Waals surface area contributed by atoms with Crippen molar-refractivity contribution in [2.75, 3.05) is 33.3 Å². The Labute approximate surface area is 171 Å². The van der Waals surface area contributed by atoms with Gasteiger partial charge in [-0.15, -0.1) is 0 Å². The lowest BCUT2D eigenvalue weighted by Crippen LogP contribution is -2.34. The average molecular weight is 390 g/mol. The summed E-state index contributed by atoms with van der Waals surface area (Å²) >= 11 is 0. The quantitative estimate of drug-likeness (QED) is 0.672. The molecule has 29 heavy (non-hydrogen) atoms. The lowest BCUT2D eigenvalue weighted by molar-refractivity contribution is 0.0942. The smallest absolute Gasteiger partial charge is 0.270 e. The van der Waals surface area contributed by atoms with E-state index >= 15 is 0 Å². The number of likely N-dealkylation sites (tertiary alicyclic amines) is 1. The third-order valence-electron chi connectivity index (χ3n) is 5.22. The first-order valence-corrected chi connectivity index (χ1v) is 10.0. The van der Waals surface area contributed by atoms with E-state index in [1.165, 1.54) is 12.8 Å². The highest BCUT2D eigenvalue weighted by molar-refractivity contribution is 5.94. The predicted octanol–water partition coefficient (Wildman–Crippen LogP) is 3.37. The molecule has 0 bridgehead atoms. The fourth-order valence-electron chi connectivity index (χ4n) is 3.66. The Morgan fingerprint density at radius 3 is 2.62 bits per heavy atom. The Balaban J connectivity index is 1.60. The number of amides is 1. The van der Waals surface area contributed by atoms with Crippen molar-refractivity contribution in [1.82, 2.24) is 20.0 Å². The Kier molecular flexibility index (Phi) is 5.91. The molecule has 6 heteroatoms. The van der Waals surface area contributed by atoms with Gasteiger partial charge >= 0.3 is 0 Å². The molecule has 0 atom stereocenters. The molecule has 4 rings (SSSR count). The van der Waals surface area contributed by atoms with E-state index in [4.69, 9.17) is 9.84 Å². The molecule has 1 aliphatic heterocycles.